The van der Waals surface area contributed by atoms with Gasteiger partial charge in [0, 0.05) is 6.42 Å². The fourth-order valence-electron chi connectivity index (χ4n) is 1.87. The second-order valence-corrected chi connectivity index (χ2v) is 4.78. The number of esters is 1. The van der Waals surface area contributed by atoms with Gasteiger partial charge in [0.15, 0.2) is 0 Å². The molecule has 0 saturated carbocycles. The normalized spacial score (nSPS) is 13.8. The molecule has 1 N–H and O–H groups in total. The van der Waals surface area contributed by atoms with Gasteiger partial charge in [-0.1, -0.05) is 37.3 Å². The Morgan fingerprint density at radius 2 is 2.00 bits per heavy atom. The summed E-state index contributed by atoms with van der Waals surface area (Å²) in [5.41, 5.74) is 1.08. The first-order valence-corrected chi connectivity index (χ1v) is 6.48. The molecule has 4 nitrogen and oxygen atoms in total. The first kappa shape index (κ1) is 15.7. The Morgan fingerprint density at radius 1 is 1.32 bits per heavy atom. The maximum atomic E-state index is 11.1. The predicted molar refractivity (Wildman–Crippen MR) is 72.5 cm³/mol. The van der Waals surface area contributed by atoms with Crippen molar-refractivity contribution in [2.24, 2.45) is 5.92 Å². The van der Waals surface area contributed by atoms with Gasteiger partial charge in [0.1, 0.15) is 0 Å². The van der Waals surface area contributed by atoms with Crippen molar-refractivity contribution < 1.29 is 19.4 Å². The third-order valence-corrected chi connectivity index (χ3v) is 2.84. The first-order chi connectivity index (χ1) is 9.11. The van der Waals surface area contributed by atoms with Gasteiger partial charge in [-0.15, -0.1) is 0 Å². The number of rotatable bonds is 8. The van der Waals surface area contributed by atoms with Crippen molar-refractivity contribution in [1.29, 1.82) is 0 Å². The Kier molecular flexibility index (Phi) is 7.15. The molecule has 1 aromatic carbocycles. The number of aliphatic hydroxyl groups excluding tert-OH is 1. The molecule has 0 fully saturated rings. The molecule has 1 rings (SSSR count). The molecule has 0 unspecified atom stereocenters. The molecule has 0 aliphatic heterocycles. The summed E-state index contributed by atoms with van der Waals surface area (Å²) in [6.45, 7) is 2.68. The van der Waals surface area contributed by atoms with E-state index in [1.54, 1.807) is 0 Å². The molecule has 0 amide bonds. The minimum Gasteiger partial charge on any atom is -0.469 e. The van der Waals surface area contributed by atoms with Crippen LogP contribution in [0.4, 0.5) is 0 Å². The van der Waals surface area contributed by atoms with Crippen LogP contribution in [0.1, 0.15) is 25.3 Å². The standard InChI is InChI=1S/C15H22O4/c1-12(9-15(17)18-2)8-14(16)11-19-10-13-6-4-3-5-7-13/h3-7,12,14,16H,8-11H2,1-2H3/t12-,14+/m0/s1. The fraction of sp³-hybridized carbons (Fsp3) is 0.533. The van der Waals surface area contributed by atoms with Crippen molar-refractivity contribution in [2.75, 3.05) is 13.7 Å². The SMILES string of the molecule is COC(=O)C[C@@H](C)C[C@@H](O)COCc1ccccc1. The fourth-order valence-corrected chi connectivity index (χ4v) is 1.87. The Balaban J connectivity index is 2.17. The van der Waals surface area contributed by atoms with Crippen LogP contribution in [-0.4, -0.2) is 30.9 Å². The van der Waals surface area contributed by atoms with Crippen molar-refractivity contribution >= 4 is 5.97 Å². The molecule has 0 bridgehead atoms. The minimum absolute atomic E-state index is 0.0859. The van der Waals surface area contributed by atoms with E-state index in [2.05, 4.69) is 4.74 Å². The van der Waals surface area contributed by atoms with Crippen LogP contribution in [0.15, 0.2) is 30.3 Å². The van der Waals surface area contributed by atoms with Crippen molar-refractivity contribution in [3.05, 3.63) is 35.9 Å². The number of ether oxygens (including phenoxy) is 2. The highest BCUT2D eigenvalue weighted by Crippen LogP contribution is 2.12. The Morgan fingerprint density at radius 3 is 2.63 bits per heavy atom. The number of carbonyl (C=O) groups is 1. The zero-order valence-electron chi connectivity index (χ0n) is 11.5. The van der Waals surface area contributed by atoms with Crippen molar-refractivity contribution in [3.63, 3.8) is 0 Å². The summed E-state index contributed by atoms with van der Waals surface area (Å²) in [6.07, 6.45) is 0.305. The highest BCUT2D eigenvalue weighted by molar-refractivity contribution is 5.69. The number of benzene rings is 1. The van der Waals surface area contributed by atoms with E-state index >= 15 is 0 Å². The van der Waals surface area contributed by atoms with E-state index in [-0.39, 0.29) is 18.5 Å². The second kappa shape index (κ2) is 8.67. The van der Waals surface area contributed by atoms with Gasteiger partial charge in [-0.2, -0.15) is 0 Å². The molecular formula is C15H22O4. The smallest absolute Gasteiger partial charge is 0.305 e. The van der Waals surface area contributed by atoms with Crippen LogP contribution in [0.3, 0.4) is 0 Å². The maximum absolute atomic E-state index is 11.1. The van der Waals surface area contributed by atoms with Gasteiger partial charge in [-0.05, 0) is 17.9 Å². The lowest BCUT2D eigenvalue weighted by molar-refractivity contribution is -0.141. The Labute approximate surface area is 114 Å². The van der Waals surface area contributed by atoms with Crippen LogP contribution in [-0.2, 0) is 20.9 Å². The van der Waals surface area contributed by atoms with Crippen molar-refractivity contribution in [1.82, 2.24) is 0 Å². The molecule has 19 heavy (non-hydrogen) atoms. The zero-order valence-corrected chi connectivity index (χ0v) is 11.5. The lowest BCUT2D eigenvalue weighted by Crippen LogP contribution is -2.20. The van der Waals surface area contributed by atoms with E-state index in [0.29, 0.717) is 19.4 Å². The van der Waals surface area contributed by atoms with E-state index in [0.717, 1.165) is 5.56 Å². The quantitative estimate of drug-likeness (QED) is 0.733. The van der Waals surface area contributed by atoms with E-state index < -0.39 is 6.10 Å². The van der Waals surface area contributed by atoms with E-state index in [1.807, 2.05) is 37.3 Å². The summed E-state index contributed by atoms with van der Waals surface area (Å²) in [6, 6.07) is 9.81. The molecule has 0 spiro atoms. The van der Waals surface area contributed by atoms with Crippen molar-refractivity contribution in [3.8, 4) is 0 Å². The summed E-state index contributed by atoms with van der Waals surface area (Å²) < 4.78 is 10.0. The van der Waals surface area contributed by atoms with Crippen LogP contribution in [0.25, 0.3) is 0 Å². The number of aliphatic hydroxyl groups is 1. The molecule has 0 heterocycles. The van der Waals surface area contributed by atoms with Gasteiger partial charge >= 0.3 is 5.97 Å². The number of methoxy groups -OCH3 is 1. The molecule has 0 aromatic heterocycles. The van der Waals surface area contributed by atoms with Crippen LogP contribution in [0.2, 0.25) is 0 Å². The van der Waals surface area contributed by atoms with Gasteiger partial charge in [-0.3, -0.25) is 4.79 Å². The predicted octanol–water partition coefficient (Wildman–Crippen LogP) is 2.15. The Bertz CT molecular complexity index is 364. The highest BCUT2D eigenvalue weighted by atomic mass is 16.5. The minimum atomic E-state index is -0.552. The van der Waals surface area contributed by atoms with Gasteiger partial charge < -0.3 is 14.6 Å². The highest BCUT2D eigenvalue weighted by Gasteiger charge is 2.14. The molecule has 4 heteroatoms. The van der Waals surface area contributed by atoms with Crippen LogP contribution in [0.5, 0.6) is 0 Å². The van der Waals surface area contributed by atoms with Crippen LogP contribution in [0, 0.1) is 5.92 Å². The van der Waals surface area contributed by atoms with Gasteiger partial charge in [0.05, 0.1) is 26.4 Å². The molecule has 0 aliphatic carbocycles. The third kappa shape index (κ3) is 6.94. The van der Waals surface area contributed by atoms with Gasteiger partial charge in [0.2, 0.25) is 0 Å². The van der Waals surface area contributed by atoms with E-state index in [9.17, 15) is 9.90 Å². The summed E-state index contributed by atoms with van der Waals surface area (Å²) in [5.74, 6) is -0.160. The lowest BCUT2D eigenvalue weighted by Gasteiger charge is -2.15. The molecule has 106 valence electrons. The summed E-state index contributed by atoms with van der Waals surface area (Å²) in [5, 5.41) is 9.81. The molecule has 0 radical (unpaired) electrons. The van der Waals surface area contributed by atoms with Crippen LogP contribution >= 0.6 is 0 Å². The number of carbonyl (C=O) groups excluding carboxylic acids is 1. The van der Waals surface area contributed by atoms with Gasteiger partial charge in [-0.25, -0.2) is 0 Å². The molecule has 0 aliphatic rings. The monoisotopic (exact) mass is 266 g/mol. The average molecular weight is 266 g/mol. The molecule has 0 saturated heterocycles. The first-order valence-electron chi connectivity index (χ1n) is 6.48. The van der Waals surface area contributed by atoms with E-state index in [4.69, 9.17) is 4.74 Å². The van der Waals surface area contributed by atoms with Crippen molar-refractivity contribution in [2.45, 2.75) is 32.5 Å². The third-order valence-electron chi connectivity index (χ3n) is 2.84. The van der Waals surface area contributed by atoms with E-state index in [1.165, 1.54) is 7.11 Å². The van der Waals surface area contributed by atoms with Gasteiger partial charge in [0.25, 0.3) is 0 Å². The summed E-state index contributed by atoms with van der Waals surface area (Å²) in [7, 11) is 1.37. The molecule has 1 aromatic rings. The second-order valence-electron chi connectivity index (χ2n) is 4.78. The average Bonchev–Trinajstić information content (AvgIpc) is 2.39. The van der Waals surface area contributed by atoms with Crippen LogP contribution < -0.4 is 0 Å². The molecule has 2 atom stereocenters. The number of hydrogen-bond acceptors (Lipinski definition) is 4. The molecular weight excluding hydrogens is 244 g/mol. The zero-order chi connectivity index (χ0) is 14.1. The number of hydrogen-bond donors (Lipinski definition) is 1. The Hall–Kier alpha value is -1.39. The maximum Gasteiger partial charge on any atom is 0.305 e. The summed E-state index contributed by atoms with van der Waals surface area (Å²) in [4.78, 5) is 11.1. The summed E-state index contributed by atoms with van der Waals surface area (Å²) >= 11 is 0. The largest absolute Gasteiger partial charge is 0.469 e. The lowest BCUT2D eigenvalue weighted by atomic mass is 10.0. The topological polar surface area (TPSA) is 55.8 Å².